The van der Waals surface area contributed by atoms with Gasteiger partial charge in [0.15, 0.2) is 5.76 Å². The van der Waals surface area contributed by atoms with Gasteiger partial charge in [-0.2, -0.15) is 0 Å². The summed E-state index contributed by atoms with van der Waals surface area (Å²) < 4.78 is 19.0. The third kappa shape index (κ3) is 4.54. The number of anilines is 1. The summed E-state index contributed by atoms with van der Waals surface area (Å²) in [5.74, 6) is 2.29. The van der Waals surface area contributed by atoms with Crippen molar-refractivity contribution >= 4 is 28.4 Å². The standard InChI is InChI=1S/C32H33N3O5/c1-20-15-28(36)26(19-34-11-13-35(14-12-34)22-5-7-23(38-3)8-6-22)32-30(20)31(37)29(40-32)16-21-18-33(2)27-10-9-24(39-4)17-25(21)27/h5-10,15-18,36H,11-14,19H2,1-4H3/b29-16+. The fraction of sp³-hybridized carbons (Fsp3) is 0.281. The second-order valence-electron chi connectivity index (χ2n) is 10.4. The smallest absolute Gasteiger partial charge is 0.232 e. The number of ether oxygens (including phenoxy) is 3. The number of hydrogen-bond donors (Lipinski definition) is 1. The number of benzene rings is 3. The lowest BCUT2D eigenvalue weighted by Crippen LogP contribution is -2.46. The number of aryl methyl sites for hydroxylation is 2. The molecule has 0 spiro atoms. The first kappa shape index (κ1) is 25.8. The second-order valence-corrected chi connectivity index (χ2v) is 10.4. The van der Waals surface area contributed by atoms with E-state index in [4.69, 9.17) is 14.2 Å². The van der Waals surface area contributed by atoms with Gasteiger partial charge in [-0.15, -0.1) is 0 Å². The van der Waals surface area contributed by atoms with Crippen LogP contribution in [0.4, 0.5) is 5.69 Å². The molecule has 1 N–H and O–H groups in total. The molecule has 0 aliphatic carbocycles. The van der Waals surface area contributed by atoms with Gasteiger partial charge < -0.3 is 28.8 Å². The van der Waals surface area contributed by atoms with Gasteiger partial charge in [-0.25, -0.2) is 0 Å². The van der Waals surface area contributed by atoms with Crippen molar-refractivity contribution in [3.8, 4) is 23.0 Å². The number of piperazine rings is 1. The molecule has 8 heteroatoms. The number of nitrogens with zero attached hydrogens (tertiary/aromatic N) is 3. The maximum Gasteiger partial charge on any atom is 0.232 e. The topological polar surface area (TPSA) is 76.4 Å². The summed E-state index contributed by atoms with van der Waals surface area (Å²) in [5.41, 5.74) is 4.93. The first-order chi connectivity index (χ1) is 19.4. The first-order valence-electron chi connectivity index (χ1n) is 13.4. The van der Waals surface area contributed by atoms with E-state index in [1.807, 2.05) is 55.1 Å². The Kier molecular flexibility index (Phi) is 6.64. The molecule has 40 heavy (non-hydrogen) atoms. The van der Waals surface area contributed by atoms with E-state index in [1.165, 1.54) is 0 Å². The molecule has 8 nitrogen and oxygen atoms in total. The lowest BCUT2D eigenvalue weighted by atomic mass is 9.99. The molecule has 206 valence electrons. The quantitative estimate of drug-likeness (QED) is 0.340. The molecule has 0 unspecified atom stereocenters. The van der Waals surface area contributed by atoms with Crippen molar-refractivity contribution in [1.82, 2.24) is 9.47 Å². The molecule has 2 aliphatic rings. The summed E-state index contributed by atoms with van der Waals surface area (Å²) in [5, 5.41) is 11.9. The van der Waals surface area contributed by atoms with Crippen molar-refractivity contribution in [1.29, 1.82) is 0 Å². The molecule has 3 heterocycles. The van der Waals surface area contributed by atoms with Gasteiger partial charge in [0.2, 0.25) is 5.78 Å². The number of carbonyl (C=O) groups is 1. The van der Waals surface area contributed by atoms with Crippen LogP contribution in [0.25, 0.3) is 17.0 Å². The fourth-order valence-electron chi connectivity index (χ4n) is 5.70. The SMILES string of the molecule is COc1ccc(N2CCN(Cc3c(O)cc(C)c4c3O/C(=C/c3cn(C)c5ccc(OC)cc35)C4=O)CC2)cc1. The van der Waals surface area contributed by atoms with Gasteiger partial charge >= 0.3 is 0 Å². The number of ketones is 1. The zero-order chi connectivity index (χ0) is 28.0. The first-order valence-corrected chi connectivity index (χ1v) is 13.4. The molecule has 6 rings (SSSR count). The Labute approximate surface area is 233 Å². The third-order valence-electron chi connectivity index (χ3n) is 7.93. The Hall–Kier alpha value is -4.43. The van der Waals surface area contributed by atoms with Gasteiger partial charge in [0.05, 0.1) is 25.3 Å². The average Bonchev–Trinajstić information content (AvgIpc) is 3.47. The Morgan fingerprint density at radius 1 is 0.975 bits per heavy atom. The predicted molar refractivity (Wildman–Crippen MR) is 156 cm³/mol. The zero-order valence-electron chi connectivity index (χ0n) is 23.2. The van der Waals surface area contributed by atoms with E-state index in [1.54, 1.807) is 26.4 Å². The highest BCUT2D eigenvalue weighted by Crippen LogP contribution is 2.43. The van der Waals surface area contributed by atoms with E-state index >= 15 is 0 Å². The largest absolute Gasteiger partial charge is 0.507 e. The minimum Gasteiger partial charge on any atom is -0.507 e. The van der Waals surface area contributed by atoms with Crippen molar-refractivity contribution < 1.29 is 24.1 Å². The summed E-state index contributed by atoms with van der Waals surface area (Å²) in [6.45, 7) is 5.69. The van der Waals surface area contributed by atoms with Crippen LogP contribution in [0.3, 0.4) is 0 Å². The van der Waals surface area contributed by atoms with Crippen LogP contribution >= 0.6 is 0 Å². The number of aromatic hydroxyl groups is 1. The van der Waals surface area contributed by atoms with E-state index < -0.39 is 0 Å². The summed E-state index contributed by atoms with van der Waals surface area (Å²) in [6, 6.07) is 15.7. The van der Waals surface area contributed by atoms with Crippen molar-refractivity contribution in [3.63, 3.8) is 0 Å². The van der Waals surface area contributed by atoms with Crippen LogP contribution in [0.2, 0.25) is 0 Å². The number of fused-ring (bicyclic) bond motifs is 2. The molecular formula is C32H33N3O5. The normalized spacial score (nSPS) is 16.4. The molecule has 0 saturated carbocycles. The summed E-state index contributed by atoms with van der Waals surface area (Å²) in [7, 11) is 5.28. The monoisotopic (exact) mass is 539 g/mol. The van der Waals surface area contributed by atoms with E-state index in [9.17, 15) is 9.90 Å². The number of Topliss-reactive ketones (excluding diaryl/α,β-unsaturated/α-hetero) is 1. The average molecular weight is 540 g/mol. The number of hydrogen-bond acceptors (Lipinski definition) is 7. The van der Waals surface area contributed by atoms with Crippen LogP contribution in [-0.4, -0.2) is 60.8 Å². The molecule has 1 aromatic heterocycles. The van der Waals surface area contributed by atoms with Crippen LogP contribution in [-0.2, 0) is 13.6 Å². The van der Waals surface area contributed by atoms with Crippen LogP contribution in [0.15, 0.2) is 60.5 Å². The molecule has 0 atom stereocenters. The highest BCUT2D eigenvalue weighted by Gasteiger charge is 2.34. The molecule has 4 aromatic rings. The molecule has 0 bridgehead atoms. The number of phenolic OH excluding ortho intramolecular Hbond substituents is 1. The Morgan fingerprint density at radius 3 is 2.38 bits per heavy atom. The molecule has 1 saturated heterocycles. The van der Waals surface area contributed by atoms with E-state index in [-0.39, 0.29) is 17.3 Å². The van der Waals surface area contributed by atoms with Gasteiger partial charge in [-0.1, -0.05) is 0 Å². The minimum atomic E-state index is -0.169. The summed E-state index contributed by atoms with van der Waals surface area (Å²) >= 11 is 0. The van der Waals surface area contributed by atoms with Crippen molar-refractivity contribution in [2.75, 3.05) is 45.3 Å². The summed E-state index contributed by atoms with van der Waals surface area (Å²) in [4.78, 5) is 18.2. The predicted octanol–water partition coefficient (Wildman–Crippen LogP) is 5.15. The van der Waals surface area contributed by atoms with Gasteiger partial charge in [-0.05, 0) is 67.1 Å². The number of allylic oxidation sites excluding steroid dienone is 1. The Morgan fingerprint density at radius 2 is 1.68 bits per heavy atom. The van der Waals surface area contributed by atoms with Gasteiger partial charge in [0.1, 0.15) is 23.0 Å². The van der Waals surface area contributed by atoms with Crippen LogP contribution in [0.5, 0.6) is 23.0 Å². The number of rotatable bonds is 6. The lowest BCUT2D eigenvalue weighted by Gasteiger charge is -2.36. The minimum absolute atomic E-state index is 0.151. The number of aromatic nitrogens is 1. The van der Waals surface area contributed by atoms with Gasteiger partial charge in [-0.3, -0.25) is 9.69 Å². The highest BCUT2D eigenvalue weighted by atomic mass is 16.5. The lowest BCUT2D eigenvalue weighted by molar-refractivity contribution is 0.101. The van der Waals surface area contributed by atoms with Crippen molar-refractivity contribution in [2.45, 2.75) is 13.5 Å². The number of methoxy groups -OCH3 is 2. The van der Waals surface area contributed by atoms with E-state index in [0.29, 0.717) is 29.0 Å². The van der Waals surface area contributed by atoms with Crippen molar-refractivity contribution in [2.24, 2.45) is 7.05 Å². The Bertz CT molecular complexity index is 1630. The van der Waals surface area contributed by atoms with Crippen molar-refractivity contribution in [3.05, 3.63) is 82.7 Å². The number of carbonyl (C=O) groups excluding carboxylic acids is 1. The van der Waals surface area contributed by atoms with Crippen LogP contribution < -0.4 is 19.1 Å². The summed E-state index contributed by atoms with van der Waals surface area (Å²) in [6.07, 6.45) is 3.77. The molecule has 0 amide bonds. The fourth-order valence-corrected chi connectivity index (χ4v) is 5.70. The molecule has 3 aromatic carbocycles. The molecule has 2 aliphatic heterocycles. The van der Waals surface area contributed by atoms with Crippen LogP contribution in [0.1, 0.15) is 27.0 Å². The van der Waals surface area contributed by atoms with Gasteiger partial charge in [0.25, 0.3) is 0 Å². The van der Waals surface area contributed by atoms with E-state index in [0.717, 1.165) is 59.8 Å². The maximum atomic E-state index is 13.6. The molecular weight excluding hydrogens is 506 g/mol. The highest BCUT2D eigenvalue weighted by molar-refractivity contribution is 6.16. The van der Waals surface area contributed by atoms with Gasteiger partial charge in [0, 0.05) is 68.1 Å². The maximum absolute atomic E-state index is 13.6. The zero-order valence-corrected chi connectivity index (χ0v) is 23.2. The van der Waals surface area contributed by atoms with Crippen LogP contribution in [0, 0.1) is 6.92 Å². The number of phenols is 1. The second kappa shape index (κ2) is 10.3. The Balaban J connectivity index is 1.25. The molecule has 1 fully saturated rings. The van der Waals surface area contributed by atoms with E-state index in [2.05, 4.69) is 21.9 Å². The molecule has 0 radical (unpaired) electrons. The third-order valence-corrected chi connectivity index (χ3v) is 7.93.